The second kappa shape index (κ2) is 4.03. The molecule has 0 saturated heterocycles. The number of alkyl halides is 1. The van der Waals surface area contributed by atoms with Gasteiger partial charge in [-0.15, -0.1) is 0 Å². The summed E-state index contributed by atoms with van der Waals surface area (Å²) in [7, 11) is 3.04. The summed E-state index contributed by atoms with van der Waals surface area (Å²) in [6, 6.07) is 0. The van der Waals surface area contributed by atoms with Crippen LogP contribution in [0.2, 0.25) is 0 Å². The maximum absolute atomic E-state index is 11.3. The molecule has 0 aromatic rings. The van der Waals surface area contributed by atoms with Crippen LogP contribution in [0.4, 0.5) is 0 Å². The molecule has 1 N–H and O–H groups in total. The van der Waals surface area contributed by atoms with Gasteiger partial charge in [0.25, 0.3) is 0 Å². The van der Waals surface area contributed by atoms with Crippen LogP contribution in [0, 0.1) is 11.3 Å². The van der Waals surface area contributed by atoms with Crippen molar-refractivity contribution in [1.82, 2.24) is 0 Å². The van der Waals surface area contributed by atoms with Crippen LogP contribution in [0.5, 0.6) is 0 Å². The van der Waals surface area contributed by atoms with Crippen LogP contribution in [-0.4, -0.2) is 35.9 Å². The minimum absolute atomic E-state index is 0.0163. The molecule has 0 bridgehead atoms. The standard InChI is InChI=1S/C10H17BrO4/c1-5-9(7(12)13)6(2)10(9,11)8(14-3)15-4/h6,8H,5H2,1-4H3,(H,12,13)/t6-,9-,10+/m1/s1. The zero-order valence-corrected chi connectivity index (χ0v) is 11.0. The Balaban J connectivity index is 3.03. The lowest BCUT2D eigenvalue weighted by molar-refractivity contribution is -0.149. The van der Waals surface area contributed by atoms with Gasteiger partial charge in [0.05, 0.1) is 9.74 Å². The van der Waals surface area contributed by atoms with Crippen molar-refractivity contribution in [3.8, 4) is 0 Å². The molecule has 1 fully saturated rings. The van der Waals surface area contributed by atoms with Crippen LogP contribution >= 0.6 is 15.9 Å². The fourth-order valence-electron chi connectivity index (χ4n) is 2.65. The summed E-state index contributed by atoms with van der Waals surface area (Å²) in [5.41, 5.74) is -0.788. The van der Waals surface area contributed by atoms with E-state index in [-0.39, 0.29) is 5.92 Å². The Bertz CT molecular complexity index is 266. The molecule has 88 valence electrons. The normalized spacial score (nSPS) is 39.5. The second-order valence-electron chi connectivity index (χ2n) is 3.92. The number of carboxylic acids is 1. The lowest BCUT2D eigenvalue weighted by Crippen LogP contribution is -2.35. The summed E-state index contributed by atoms with van der Waals surface area (Å²) in [6.45, 7) is 3.77. The molecule has 3 atom stereocenters. The quantitative estimate of drug-likeness (QED) is 0.617. The maximum atomic E-state index is 11.3. The fraction of sp³-hybridized carbons (Fsp3) is 0.900. The largest absolute Gasteiger partial charge is 0.481 e. The molecule has 0 radical (unpaired) electrons. The Morgan fingerprint density at radius 3 is 2.20 bits per heavy atom. The molecule has 0 amide bonds. The van der Waals surface area contributed by atoms with E-state index in [1.807, 2.05) is 13.8 Å². The minimum Gasteiger partial charge on any atom is -0.481 e. The van der Waals surface area contributed by atoms with Gasteiger partial charge in [-0.3, -0.25) is 4.79 Å². The molecule has 0 unspecified atom stereocenters. The van der Waals surface area contributed by atoms with E-state index in [0.717, 1.165) is 0 Å². The van der Waals surface area contributed by atoms with Crippen LogP contribution in [0.15, 0.2) is 0 Å². The molecule has 1 aliphatic rings. The maximum Gasteiger partial charge on any atom is 0.311 e. The van der Waals surface area contributed by atoms with Gasteiger partial charge in [-0.05, 0) is 12.3 Å². The van der Waals surface area contributed by atoms with Crippen molar-refractivity contribution in [3.05, 3.63) is 0 Å². The average Bonchev–Trinajstić information content (AvgIpc) is 2.68. The minimum atomic E-state index is -0.798. The van der Waals surface area contributed by atoms with E-state index < -0.39 is 22.0 Å². The molecule has 1 aliphatic carbocycles. The Labute approximate surface area is 98.1 Å². The molecular weight excluding hydrogens is 264 g/mol. The van der Waals surface area contributed by atoms with E-state index in [0.29, 0.717) is 6.42 Å². The molecule has 4 nitrogen and oxygen atoms in total. The number of halogens is 1. The van der Waals surface area contributed by atoms with E-state index in [4.69, 9.17) is 9.47 Å². The average molecular weight is 281 g/mol. The zero-order chi connectivity index (χ0) is 11.9. The third kappa shape index (κ3) is 1.36. The van der Waals surface area contributed by atoms with Crippen molar-refractivity contribution in [2.75, 3.05) is 14.2 Å². The fourth-order valence-corrected chi connectivity index (χ4v) is 4.09. The van der Waals surface area contributed by atoms with E-state index in [1.165, 1.54) is 14.2 Å². The number of carbonyl (C=O) groups is 1. The highest BCUT2D eigenvalue weighted by molar-refractivity contribution is 9.10. The van der Waals surface area contributed by atoms with Gasteiger partial charge in [-0.2, -0.15) is 0 Å². The number of methoxy groups -OCH3 is 2. The lowest BCUT2D eigenvalue weighted by atomic mass is 9.99. The summed E-state index contributed by atoms with van der Waals surface area (Å²) in [4.78, 5) is 11.3. The Morgan fingerprint density at radius 1 is 1.53 bits per heavy atom. The van der Waals surface area contributed by atoms with Gasteiger partial charge >= 0.3 is 5.97 Å². The van der Waals surface area contributed by atoms with Crippen molar-refractivity contribution < 1.29 is 19.4 Å². The van der Waals surface area contributed by atoms with E-state index in [1.54, 1.807) is 0 Å². The Kier molecular flexibility index (Phi) is 3.48. The predicted octanol–water partition coefficient (Wildman–Crippen LogP) is 1.87. The number of rotatable bonds is 5. The number of hydrogen-bond acceptors (Lipinski definition) is 3. The Morgan fingerprint density at radius 2 is 2.00 bits per heavy atom. The number of hydrogen-bond donors (Lipinski definition) is 1. The van der Waals surface area contributed by atoms with Gasteiger partial charge in [-0.25, -0.2) is 0 Å². The molecule has 0 spiro atoms. The first-order valence-corrected chi connectivity index (χ1v) is 5.70. The SMILES string of the molecule is CC[C@]1(C(=O)O)[C@@H](C)[C@]1(Br)C(OC)OC. The lowest BCUT2D eigenvalue weighted by Gasteiger charge is -2.23. The summed E-state index contributed by atoms with van der Waals surface area (Å²) in [6.07, 6.45) is 0.0152. The molecule has 0 aliphatic heterocycles. The predicted molar refractivity (Wildman–Crippen MR) is 59.0 cm³/mol. The number of carboxylic acid groups (broad SMARTS) is 1. The Hall–Kier alpha value is -0.130. The molecule has 0 aromatic carbocycles. The first-order valence-electron chi connectivity index (χ1n) is 4.91. The molecule has 5 heteroatoms. The molecular formula is C10H17BrO4. The molecule has 1 rings (SSSR count). The van der Waals surface area contributed by atoms with Gasteiger partial charge in [-0.1, -0.05) is 29.8 Å². The highest BCUT2D eigenvalue weighted by Gasteiger charge is 2.80. The summed E-state index contributed by atoms with van der Waals surface area (Å²) >= 11 is 3.50. The summed E-state index contributed by atoms with van der Waals surface area (Å²) in [5.74, 6) is -0.814. The topological polar surface area (TPSA) is 55.8 Å². The van der Waals surface area contributed by atoms with Gasteiger partial charge in [0.1, 0.15) is 0 Å². The van der Waals surface area contributed by atoms with Crippen LogP contribution < -0.4 is 0 Å². The second-order valence-corrected chi connectivity index (χ2v) is 5.24. The van der Waals surface area contributed by atoms with Crippen molar-refractivity contribution >= 4 is 21.9 Å². The molecule has 15 heavy (non-hydrogen) atoms. The van der Waals surface area contributed by atoms with Crippen LogP contribution in [0.25, 0.3) is 0 Å². The van der Waals surface area contributed by atoms with Crippen molar-refractivity contribution in [3.63, 3.8) is 0 Å². The monoisotopic (exact) mass is 280 g/mol. The van der Waals surface area contributed by atoms with Gasteiger partial charge < -0.3 is 14.6 Å². The smallest absolute Gasteiger partial charge is 0.311 e. The third-order valence-corrected chi connectivity index (χ3v) is 5.45. The van der Waals surface area contributed by atoms with Crippen LogP contribution in [0.3, 0.4) is 0 Å². The van der Waals surface area contributed by atoms with Crippen molar-refractivity contribution in [1.29, 1.82) is 0 Å². The number of ether oxygens (including phenoxy) is 2. The first kappa shape index (κ1) is 12.9. The molecule has 0 aromatic heterocycles. The molecule has 1 saturated carbocycles. The van der Waals surface area contributed by atoms with Gasteiger partial charge in [0.15, 0.2) is 6.29 Å². The van der Waals surface area contributed by atoms with Crippen molar-refractivity contribution in [2.24, 2.45) is 11.3 Å². The highest BCUT2D eigenvalue weighted by atomic mass is 79.9. The zero-order valence-electron chi connectivity index (χ0n) is 9.41. The van der Waals surface area contributed by atoms with Crippen LogP contribution in [-0.2, 0) is 14.3 Å². The third-order valence-electron chi connectivity index (χ3n) is 3.68. The number of aliphatic carboxylic acids is 1. The molecule has 0 heterocycles. The van der Waals surface area contributed by atoms with E-state index >= 15 is 0 Å². The van der Waals surface area contributed by atoms with Gasteiger partial charge in [0.2, 0.25) is 0 Å². The first-order chi connectivity index (χ1) is 6.93. The summed E-state index contributed by atoms with van der Waals surface area (Å²) in [5, 5.41) is 9.31. The van der Waals surface area contributed by atoms with E-state index in [2.05, 4.69) is 15.9 Å². The van der Waals surface area contributed by atoms with Crippen LogP contribution in [0.1, 0.15) is 20.3 Å². The highest BCUT2D eigenvalue weighted by Crippen LogP contribution is 2.71. The van der Waals surface area contributed by atoms with Gasteiger partial charge in [0, 0.05) is 14.2 Å². The van der Waals surface area contributed by atoms with E-state index in [9.17, 15) is 9.90 Å². The summed E-state index contributed by atoms with van der Waals surface area (Å²) < 4.78 is 9.72. The van der Waals surface area contributed by atoms with Crippen molar-refractivity contribution in [2.45, 2.75) is 30.9 Å².